The Balaban J connectivity index is 1.56. The molecule has 1 amide bonds. The van der Waals surface area contributed by atoms with Crippen molar-refractivity contribution in [3.63, 3.8) is 0 Å². The number of nitrogens with zero attached hydrogens (tertiary/aromatic N) is 2. The van der Waals surface area contributed by atoms with Crippen LogP contribution < -0.4 is 5.56 Å². The van der Waals surface area contributed by atoms with Gasteiger partial charge in [-0.15, -0.1) is 11.3 Å². The van der Waals surface area contributed by atoms with E-state index in [0.29, 0.717) is 16.8 Å². The summed E-state index contributed by atoms with van der Waals surface area (Å²) in [6, 6.07) is 0. The minimum atomic E-state index is -0.0526. The highest BCUT2D eigenvalue weighted by atomic mass is 32.2. The van der Waals surface area contributed by atoms with Crippen molar-refractivity contribution in [2.45, 2.75) is 44.2 Å². The van der Waals surface area contributed by atoms with Crippen molar-refractivity contribution in [2.24, 2.45) is 5.92 Å². The molecule has 2 aromatic heterocycles. The van der Waals surface area contributed by atoms with Crippen molar-refractivity contribution in [1.29, 1.82) is 0 Å². The number of hydrogen-bond acceptors (Lipinski definition) is 5. The lowest BCUT2D eigenvalue weighted by molar-refractivity contribution is -0.127. The van der Waals surface area contributed by atoms with E-state index in [1.165, 1.54) is 22.2 Å². The van der Waals surface area contributed by atoms with Crippen LogP contribution in [0.2, 0.25) is 0 Å². The van der Waals surface area contributed by atoms with E-state index in [-0.39, 0.29) is 11.5 Å². The largest absolute Gasteiger partial charge is 0.342 e. The van der Waals surface area contributed by atoms with Gasteiger partial charge in [0.1, 0.15) is 4.83 Å². The van der Waals surface area contributed by atoms with Crippen LogP contribution in [0.15, 0.2) is 9.95 Å². The average molecular weight is 364 g/mol. The number of thiophene rings is 1. The fraction of sp³-hybridized carbons (Fsp3) is 0.588. The third-order valence-corrected chi connectivity index (χ3v) is 6.94. The average Bonchev–Trinajstić information content (AvgIpc) is 3.19. The van der Waals surface area contributed by atoms with Crippen molar-refractivity contribution >= 4 is 39.2 Å². The molecule has 1 fully saturated rings. The van der Waals surface area contributed by atoms with Gasteiger partial charge in [-0.05, 0) is 43.6 Å². The van der Waals surface area contributed by atoms with Crippen molar-refractivity contribution in [2.75, 3.05) is 18.8 Å². The molecule has 7 heteroatoms. The molecule has 1 saturated heterocycles. The van der Waals surface area contributed by atoms with Crippen LogP contribution in [0.3, 0.4) is 0 Å². The molecule has 3 heterocycles. The zero-order valence-electron chi connectivity index (χ0n) is 13.8. The SMILES string of the molecule is CC1CCc2c(sc3nc(SCC(=O)N4CCCC4)[nH]c(=O)c23)C1. The maximum Gasteiger partial charge on any atom is 0.260 e. The summed E-state index contributed by atoms with van der Waals surface area (Å²) in [6.07, 6.45) is 5.35. The number of amides is 1. The molecule has 0 bridgehead atoms. The molecule has 2 aliphatic rings. The number of aromatic nitrogens is 2. The highest BCUT2D eigenvalue weighted by Crippen LogP contribution is 2.36. The van der Waals surface area contributed by atoms with Crippen molar-refractivity contribution in [3.8, 4) is 0 Å². The highest BCUT2D eigenvalue weighted by Gasteiger charge is 2.23. The van der Waals surface area contributed by atoms with E-state index in [1.54, 1.807) is 11.3 Å². The fourth-order valence-corrected chi connectivity index (χ4v) is 5.79. The van der Waals surface area contributed by atoms with Crippen LogP contribution in [0.1, 0.15) is 36.6 Å². The van der Waals surface area contributed by atoms with Gasteiger partial charge in [0.2, 0.25) is 5.91 Å². The number of thioether (sulfide) groups is 1. The third-order valence-electron chi connectivity index (χ3n) is 4.93. The molecular weight excluding hydrogens is 342 g/mol. The molecule has 0 radical (unpaired) electrons. The molecular formula is C17H21N3O2S2. The number of nitrogens with one attached hydrogen (secondary N) is 1. The molecule has 1 N–H and O–H groups in total. The summed E-state index contributed by atoms with van der Waals surface area (Å²) in [5.41, 5.74) is 1.15. The monoisotopic (exact) mass is 363 g/mol. The van der Waals surface area contributed by atoms with E-state index >= 15 is 0 Å². The van der Waals surface area contributed by atoms with E-state index < -0.39 is 0 Å². The smallest absolute Gasteiger partial charge is 0.260 e. The molecule has 0 spiro atoms. The Morgan fingerprint density at radius 2 is 2.21 bits per heavy atom. The molecule has 0 saturated carbocycles. The zero-order chi connectivity index (χ0) is 16.7. The lowest BCUT2D eigenvalue weighted by Crippen LogP contribution is -2.29. The molecule has 128 valence electrons. The summed E-state index contributed by atoms with van der Waals surface area (Å²) in [7, 11) is 0. The molecule has 1 atom stereocenters. The van der Waals surface area contributed by atoms with E-state index in [9.17, 15) is 9.59 Å². The summed E-state index contributed by atoms with van der Waals surface area (Å²) < 4.78 is 0. The van der Waals surface area contributed by atoms with E-state index in [1.807, 2.05) is 4.90 Å². The van der Waals surface area contributed by atoms with Gasteiger partial charge in [0.05, 0.1) is 11.1 Å². The number of fused-ring (bicyclic) bond motifs is 3. The second-order valence-corrected chi connectivity index (χ2v) is 8.83. The maximum absolute atomic E-state index is 12.5. The molecule has 4 rings (SSSR count). The van der Waals surface area contributed by atoms with Gasteiger partial charge in [0, 0.05) is 18.0 Å². The Bertz CT molecular complexity index is 836. The summed E-state index contributed by atoms with van der Waals surface area (Å²) >= 11 is 2.99. The number of H-pyrrole nitrogens is 1. The number of hydrogen-bond donors (Lipinski definition) is 1. The van der Waals surface area contributed by atoms with Crippen molar-refractivity contribution in [3.05, 3.63) is 20.8 Å². The molecule has 1 unspecified atom stereocenters. The van der Waals surface area contributed by atoms with Gasteiger partial charge in [-0.1, -0.05) is 18.7 Å². The van der Waals surface area contributed by atoms with Crippen LogP contribution in [-0.4, -0.2) is 39.6 Å². The molecule has 0 aromatic carbocycles. The zero-order valence-corrected chi connectivity index (χ0v) is 15.4. The second-order valence-electron chi connectivity index (χ2n) is 6.78. The van der Waals surface area contributed by atoms with Crippen LogP contribution in [0.25, 0.3) is 10.2 Å². The van der Waals surface area contributed by atoms with E-state index in [4.69, 9.17) is 0 Å². The van der Waals surface area contributed by atoms with Gasteiger partial charge in [-0.25, -0.2) is 4.98 Å². The number of carbonyl (C=O) groups excluding carboxylic acids is 1. The van der Waals surface area contributed by atoms with Crippen LogP contribution in [0.4, 0.5) is 0 Å². The van der Waals surface area contributed by atoms with Crippen molar-refractivity contribution < 1.29 is 4.79 Å². The van der Waals surface area contributed by atoms with E-state index in [0.717, 1.165) is 55.4 Å². The predicted molar refractivity (Wildman–Crippen MR) is 98.0 cm³/mol. The van der Waals surface area contributed by atoms with Gasteiger partial charge < -0.3 is 9.88 Å². The van der Waals surface area contributed by atoms with Gasteiger partial charge in [-0.3, -0.25) is 9.59 Å². The minimum absolute atomic E-state index is 0.0526. The Morgan fingerprint density at radius 3 is 3.00 bits per heavy atom. The third kappa shape index (κ3) is 2.99. The van der Waals surface area contributed by atoms with Crippen LogP contribution in [-0.2, 0) is 17.6 Å². The summed E-state index contributed by atoms with van der Waals surface area (Å²) in [6.45, 7) is 3.98. The maximum atomic E-state index is 12.5. The Morgan fingerprint density at radius 1 is 1.42 bits per heavy atom. The summed E-state index contributed by atoms with van der Waals surface area (Å²) in [4.78, 5) is 36.2. The number of likely N-dealkylation sites (tertiary alicyclic amines) is 1. The molecule has 5 nitrogen and oxygen atoms in total. The molecule has 24 heavy (non-hydrogen) atoms. The van der Waals surface area contributed by atoms with Crippen LogP contribution in [0.5, 0.6) is 0 Å². The van der Waals surface area contributed by atoms with Gasteiger partial charge in [0.25, 0.3) is 5.56 Å². The normalized spacial score (nSPS) is 20.5. The molecule has 1 aliphatic carbocycles. The van der Waals surface area contributed by atoms with Crippen LogP contribution >= 0.6 is 23.1 Å². The lowest BCUT2D eigenvalue weighted by atomic mass is 9.89. The van der Waals surface area contributed by atoms with Crippen molar-refractivity contribution in [1.82, 2.24) is 14.9 Å². The first-order valence-electron chi connectivity index (χ1n) is 8.57. The number of rotatable bonds is 3. The number of carbonyl (C=O) groups is 1. The number of aromatic amines is 1. The Labute approximate surface area is 148 Å². The van der Waals surface area contributed by atoms with Crippen LogP contribution in [0, 0.1) is 5.92 Å². The fourth-order valence-electron chi connectivity index (χ4n) is 3.59. The molecule has 2 aromatic rings. The summed E-state index contributed by atoms with van der Waals surface area (Å²) in [5.74, 6) is 1.16. The van der Waals surface area contributed by atoms with Gasteiger partial charge >= 0.3 is 0 Å². The van der Waals surface area contributed by atoms with E-state index in [2.05, 4.69) is 16.9 Å². The molecule has 1 aliphatic heterocycles. The highest BCUT2D eigenvalue weighted by molar-refractivity contribution is 7.99. The minimum Gasteiger partial charge on any atom is -0.342 e. The van der Waals surface area contributed by atoms with Gasteiger partial charge in [0.15, 0.2) is 5.16 Å². The Hall–Kier alpha value is -1.34. The summed E-state index contributed by atoms with van der Waals surface area (Å²) in [5, 5.41) is 1.34. The van der Waals surface area contributed by atoms with Gasteiger partial charge in [-0.2, -0.15) is 0 Å². The first kappa shape index (κ1) is 16.1. The quantitative estimate of drug-likeness (QED) is 0.673. The first-order valence-corrected chi connectivity index (χ1v) is 10.4. The standard InChI is InChI=1S/C17H21N3O2S2/c1-10-4-5-11-12(8-10)24-16-14(11)15(22)18-17(19-16)23-9-13(21)20-6-2-3-7-20/h10H,2-9H2,1H3,(H,18,19,22). The topological polar surface area (TPSA) is 66.1 Å². The predicted octanol–water partition coefficient (Wildman–Crippen LogP) is 2.82. The Kier molecular flexibility index (Phi) is 4.39. The lowest BCUT2D eigenvalue weighted by Gasteiger charge is -2.17. The number of aryl methyl sites for hydroxylation is 1. The first-order chi connectivity index (χ1) is 11.6. The second kappa shape index (κ2) is 6.52.